The van der Waals surface area contributed by atoms with Crippen molar-refractivity contribution in [3.8, 4) is 0 Å². The van der Waals surface area contributed by atoms with Crippen molar-refractivity contribution in [3.05, 3.63) is 18.0 Å². The monoisotopic (exact) mass is 262 g/mol. The molecular formula is C13H18N4O2. The molecule has 1 aliphatic carbocycles. The molecule has 3 rings (SSSR count). The van der Waals surface area contributed by atoms with Crippen molar-refractivity contribution < 1.29 is 9.59 Å². The summed E-state index contributed by atoms with van der Waals surface area (Å²) in [6.45, 7) is 1.33. The summed E-state index contributed by atoms with van der Waals surface area (Å²) in [6.07, 6.45) is 4.01. The number of carbonyl (C=O) groups is 2. The second-order valence-electron chi connectivity index (χ2n) is 5.34. The average molecular weight is 262 g/mol. The van der Waals surface area contributed by atoms with Gasteiger partial charge >= 0.3 is 0 Å². The quantitative estimate of drug-likeness (QED) is 0.834. The molecule has 0 unspecified atom stereocenters. The lowest BCUT2D eigenvalue weighted by molar-refractivity contribution is -0.133. The maximum atomic E-state index is 12.5. The van der Waals surface area contributed by atoms with Crippen molar-refractivity contribution in [3.63, 3.8) is 0 Å². The SMILES string of the molecule is CN1CCN(C(=O)c2cc(N)cn2C2CC2)CC1=O. The number of carbonyl (C=O) groups excluding carboxylic acids is 2. The number of nitrogen functional groups attached to an aromatic ring is 1. The molecule has 1 aromatic rings. The molecule has 1 saturated heterocycles. The average Bonchev–Trinajstić information content (AvgIpc) is 3.15. The number of anilines is 1. The van der Waals surface area contributed by atoms with Crippen LogP contribution in [0.5, 0.6) is 0 Å². The molecule has 0 radical (unpaired) electrons. The van der Waals surface area contributed by atoms with Crippen LogP contribution in [0.1, 0.15) is 29.4 Å². The van der Waals surface area contributed by atoms with E-state index in [0.29, 0.717) is 30.5 Å². The highest BCUT2D eigenvalue weighted by Gasteiger charge is 2.31. The van der Waals surface area contributed by atoms with E-state index in [9.17, 15) is 9.59 Å². The molecule has 1 saturated carbocycles. The highest BCUT2D eigenvalue weighted by Crippen LogP contribution is 2.37. The fourth-order valence-electron chi connectivity index (χ4n) is 2.42. The van der Waals surface area contributed by atoms with Gasteiger partial charge in [-0.3, -0.25) is 9.59 Å². The van der Waals surface area contributed by atoms with Gasteiger partial charge < -0.3 is 20.1 Å². The third kappa shape index (κ3) is 2.18. The Hall–Kier alpha value is -1.98. The van der Waals surface area contributed by atoms with Crippen molar-refractivity contribution in [2.75, 3.05) is 32.4 Å². The molecule has 102 valence electrons. The molecule has 1 aromatic heterocycles. The fraction of sp³-hybridized carbons (Fsp3) is 0.538. The zero-order chi connectivity index (χ0) is 13.6. The predicted octanol–water partition coefficient (Wildman–Crippen LogP) is 0.319. The lowest BCUT2D eigenvalue weighted by atomic mass is 10.2. The summed E-state index contributed by atoms with van der Waals surface area (Å²) in [6, 6.07) is 2.11. The normalized spacial score (nSPS) is 19.9. The smallest absolute Gasteiger partial charge is 0.271 e. The summed E-state index contributed by atoms with van der Waals surface area (Å²) < 4.78 is 1.96. The van der Waals surface area contributed by atoms with E-state index in [0.717, 1.165) is 12.8 Å². The summed E-state index contributed by atoms with van der Waals surface area (Å²) in [5, 5.41) is 0. The molecule has 0 aromatic carbocycles. The van der Waals surface area contributed by atoms with Crippen molar-refractivity contribution in [2.45, 2.75) is 18.9 Å². The Morgan fingerprint density at radius 1 is 1.37 bits per heavy atom. The minimum atomic E-state index is -0.0925. The molecule has 19 heavy (non-hydrogen) atoms. The number of nitrogens with two attached hydrogens (primary N) is 1. The Balaban J connectivity index is 1.82. The number of piperazine rings is 1. The first-order chi connectivity index (χ1) is 9.06. The maximum absolute atomic E-state index is 12.5. The van der Waals surface area contributed by atoms with E-state index < -0.39 is 0 Å². The number of hydrogen-bond donors (Lipinski definition) is 1. The van der Waals surface area contributed by atoms with E-state index in [4.69, 9.17) is 5.73 Å². The lowest BCUT2D eigenvalue weighted by Gasteiger charge is -2.32. The van der Waals surface area contributed by atoms with Crippen LogP contribution in [0.2, 0.25) is 0 Å². The Morgan fingerprint density at radius 2 is 2.11 bits per heavy atom. The Kier molecular flexibility index (Phi) is 2.73. The second-order valence-corrected chi connectivity index (χ2v) is 5.34. The highest BCUT2D eigenvalue weighted by atomic mass is 16.2. The minimum absolute atomic E-state index is 0.0166. The van der Waals surface area contributed by atoms with Gasteiger partial charge in [0.05, 0.1) is 5.69 Å². The van der Waals surface area contributed by atoms with Crippen LogP contribution in [0.15, 0.2) is 12.3 Å². The van der Waals surface area contributed by atoms with Gasteiger partial charge in [0.2, 0.25) is 5.91 Å². The van der Waals surface area contributed by atoms with Crippen LogP contribution in [0.4, 0.5) is 5.69 Å². The van der Waals surface area contributed by atoms with Crippen LogP contribution in [0.25, 0.3) is 0 Å². The molecule has 2 aliphatic rings. The summed E-state index contributed by atoms with van der Waals surface area (Å²) in [7, 11) is 1.76. The lowest BCUT2D eigenvalue weighted by Crippen LogP contribution is -2.50. The van der Waals surface area contributed by atoms with Crippen molar-refractivity contribution >= 4 is 17.5 Å². The second kappa shape index (κ2) is 4.29. The van der Waals surface area contributed by atoms with Crippen LogP contribution in [-0.2, 0) is 4.79 Å². The zero-order valence-corrected chi connectivity index (χ0v) is 11.0. The van der Waals surface area contributed by atoms with Gasteiger partial charge in [-0.1, -0.05) is 0 Å². The van der Waals surface area contributed by atoms with E-state index >= 15 is 0 Å². The number of likely N-dealkylation sites (N-methyl/N-ethyl adjacent to an activating group) is 1. The standard InChI is InChI=1S/C13H18N4O2/c1-15-4-5-16(8-12(15)18)13(19)11-6-9(14)7-17(11)10-2-3-10/h6-7,10H,2-5,8,14H2,1H3. The summed E-state index contributed by atoms with van der Waals surface area (Å²) >= 11 is 0. The molecule has 2 heterocycles. The molecular weight excluding hydrogens is 244 g/mol. The first-order valence-electron chi connectivity index (χ1n) is 6.57. The summed E-state index contributed by atoms with van der Waals surface area (Å²) in [5.74, 6) is -0.109. The minimum Gasteiger partial charge on any atom is -0.397 e. The Morgan fingerprint density at radius 3 is 2.74 bits per heavy atom. The van der Waals surface area contributed by atoms with Gasteiger partial charge in [0.1, 0.15) is 12.2 Å². The molecule has 2 amide bonds. The molecule has 6 heteroatoms. The number of nitrogens with zero attached hydrogens (tertiary/aromatic N) is 3. The molecule has 1 aliphatic heterocycles. The zero-order valence-electron chi connectivity index (χ0n) is 11.0. The molecule has 2 fully saturated rings. The van der Waals surface area contributed by atoms with Crippen molar-refractivity contribution in [1.82, 2.24) is 14.4 Å². The number of amides is 2. The Labute approximate surface area is 111 Å². The van der Waals surface area contributed by atoms with Gasteiger partial charge in [-0.25, -0.2) is 0 Å². The molecule has 0 atom stereocenters. The Bertz CT molecular complexity index is 533. The van der Waals surface area contributed by atoms with Crippen LogP contribution in [0, 0.1) is 0 Å². The molecule has 2 N–H and O–H groups in total. The van der Waals surface area contributed by atoms with Crippen LogP contribution >= 0.6 is 0 Å². The summed E-state index contributed by atoms with van der Waals surface area (Å²) in [4.78, 5) is 27.4. The van der Waals surface area contributed by atoms with E-state index in [1.54, 1.807) is 22.9 Å². The summed E-state index contributed by atoms with van der Waals surface area (Å²) in [5.41, 5.74) is 7.01. The molecule has 0 bridgehead atoms. The van der Waals surface area contributed by atoms with Crippen LogP contribution < -0.4 is 5.73 Å². The van der Waals surface area contributed by atoms with E-state index in [1.165, 1.54) is 0 Å². The molecule has 0 spiro atoms. The topological polar surface area (TPSA) is 71.6 Å². The van der Waals surface area contributed by atoms with Crippen LogP contribution in [-0.4, -0.2) is 52.9 Å². The third-order valence-electron chi connectivity index (χ3n) is 3.77. The fourth-order valence-corrected chi connectivity index (χ4v) is 2.42. The molecule has 6 nitrogen and oxygen atoms in total. The van der Waals surface area contributed by atoms with Crippen molar-refractivity contribution in [2.24, 2.45) is 0 Å². The third-order valence-corrected chi connectivity index (χ3v) is 3.77. The maximum Gasteiger partial charge on any atom is 0.271 e. The number of hydrogen-bond acceptors (Lipinski definition) is 3. The predicted molar refractivity (Wildman–Crippen MR) is 70.7 cm³/mol. The largest absolute Gasteiger partial charge is 0.397 e. The first-order valence-corrected chi connectivity index (χ1v) is 6.57. The van der Waals surface area contributed by atoms with Gasteiger partial charge in [0.15, 0.2) is 0 Å². The van der Waals surface area contributed by atoms with E-state index in [-0.39, 0.29) is 18.4 Å². The van der Waals surface area contributed by atoms with Gasteiger partial charge in [-0.15, -0.1) is 0 Å². The van der Waals surface area contributed by atoms with E-state index in [1.807, 2.05) is 10.8 Å². The van der Waals surface area contributed by atoms with Crippen LogP contribution in [0.3, 0.4) is 0 Å². The van der Waals surface area contributed by atoms with Crippen molar-refractivity contribution in [1.29, 1.82) is 0 Å². The van der Waals surface area contributed by atoms with Gasteiger partial charge in [-0.05, 0) is 18.9 Å². The van der Waals surface area contributed by atoms with Gasteiger partial charge in [-0.2, -0.15) is 0 Å². The van der Waals surface area contributed by atoms with Gasteiger partial charge in [0, 0.05) is 32.4 Å². The number of rotatable bonds is 2. The van der Waals surface area contributed by atoms with Gasteiger partial charge in [0.25, 0.3) is 5.91 Å². The first kappa shape index (κ1) is 12.1. The van der Waals surface area contributed by atoms with E-state index in [2.05, 4.69) is 0 Å². The number of aromatic nitrogens is 1. The highest BCUT2D eigenvalue weighted by molar-refractivity contribution is 5.96.